The minimum absolute atomic E-state index is 0.693. The normalized spacial score (nSPS) is 10.4. The van der Waals surface area contributed by atoms with Gasteiger partial charge in [-0.2, -0.15) is 0 Å². The first kappa shape index (κ1) is 9.46. The molecule has 1 aromatic heterocycles. The minimum atomic E-state index is 0.693. The summed E-state index contributed by atoms with van der Waals surface area (Å²) >= 11 is 3.39. The van der Waals surface area contributed by atoms with E-state index in [1.165, 1.54) is 0 Å². The van der Waals surface area contributed by atoms with Gasteiger partial charge in [-0.05, 0) is 0 Å². The van der Waals surface area contributed by atoms with E-state index in [0.717, 1.165) is 17.0 Å². The third-order valence-corrected chi connectivity index (χ3v) is 2.48. The number of oxazole rings is 1. The Morgan fingerprint density at radius 3 is 2.64 bits per heavy atom. The molecule has 0 amide bonds. The molecule has 2 aromatic rings. The molecule has 2 rings (SSSR count). The fourth-order valence-corrected chi connectivity index (χ4v) is 1.76. The average Bonchev–Trinajstić information content (AvgIpc) is 2.61. The van der Waals surface area contributed by atoms with Crippen molar-refractivity contribution in [3.05, 3.63) is 42.0 Å². The maximum atomic E-state index is 5.46. The molecule has 0 atom stereocenters. The van der Waals surface area contributed by atoms with Crippen molar-refractivity contribution in [1.82, 2.24) is 4.98 Å². The summed E-state index contributed by atoms with van der Waals surface area (Å²) in [5, 5.41) is 0.693. The first-order valence-corrected chi connectivity index (χ1v) is 5.51. The Morgan fingerprint density at radius 1 is 1.29 bits per heavy atom. The van der Waals surface area contributed by atoms with E-state index in [2.05, 4.69) is 20.9 Å². The van der Waals surface area contributed by atoms with E-state index in [9.17, 15) is 0 Å². The summed E-state index contributed by atoms with van der Waals surface area (Å²) < 4.78 is 5.46. The van der Waals surface area contributed by atoms with Crippen molar-refractivity contribution in [1.29, 1.82) is 0 Å². The zero-order chi connectivity index (χ0) is 9.97. The monoisotopic (exact) mass is 251 g/mol. The molecular formula is C11H10BrNO. The van der Waals surface area contributed by atoms with Crippen molar-refractivity contribution >= 4 is 15.9 Å². The number of hydrogen-bond donors (Lipinski definition) is 0. The molecule has 0 aliphatic rings. The molecule has 3 heteroatoms. The van der Waals surface area contributed by atoms with Crippen molar-refractivity contribution < 1.29 is 4.42 Å². The summed E-state index contributed by atoms with van der Waals surface area (Å²) in [4.78, 5) is 4.36. The van der Waals surface area contributed by atoms with E-state index in [1.807, 2.05) is 37.3 Å². The maximum Gasteiger partial charge on any atom is 0.191 e. The number of alkyl halides is 1. The molecule has 0 aliphatic carbocycles. The summed E-state index contributed by atoms with van der Waals surface area (Å²) in [5.41, 5.74) is 2.03. The molecule has 14 heavy (non-hydrogen) atoms. The highest BCUT2D eigenvalue weighted by Gasteiger charge is 2.10. The summed E-state index contributed by atoms with van der Waals surface area (Å²) in [6, 6.07) is 10.0. The Bertz CT molecular complexity index is 422. The minimum Gasteiger partial charge on any atom is -0.444 e. The molecule has 0 fully saturated rings. The van der Waals surface area contributed by atoms with Gasteiger partial charge in [0.05, 0.1) is 5.33 Å². The Hall–Kier alpha value is -1.09. The zero-order valence-corrected chi connectivity index (χ0v) is 9.41. The SMILES string of the molecule is Cc1nc(-c2ccccc2)c(CBr)o1. The van der Waals surface area contributed by atoms with Crippen LogP contribution in [0.3, 0.4) is 0 Å². The van der Waals surface area contributed by atoms with Crippen molar-refractivity contribution in [2.24, 2.45) is 0 Å². The molecule has 0 spiro atoms. The number of aryl methyl sites for hydroxylation is 1. The van der Waals surface area contributed by atoms with Crippen LogP contribution in [-0.4, -0.2) is 4.98 Å². The van der Waals surface area contributed by atoms with Crippen molar-refractivity contribution in [3.8, 4) is 11.3 Å². The van der Waals surface area contributed by atoms with Gasteiger partial charge in [0, 0.05) is 12.5 Å². The molecule has 0 saturated carbocycles. The first-order chi connectivity index (χ1) is 6.81. The van der Waals surface area contributed by atoms with Crippen LogP contribution in [-0.2, 0) is 5.33 Å². The predicted molar refractivity (Wildman–Crippen MR) is 59.3 cm³/mol. The number of hydrogen-bond acceptors (Lipinski definition) is 2. The second kappa shape index (κ2) is 3.96. The molecule has 2 nitrogen and oxygen atoms in total. The number of aromatic nitrogens is 1. The van der Waals surface area contributed by atoms with E-state index < -0.39 is 0 Å². The molecule has 0 saturated heterocycles. The van der Waals surface area contributed by atoms with Crippen LogP contribution in [0.25, 0.3) is 11.3 Å². The first-order valence-electron chi connectivity index (χ1n) is 4.39. The molecular weight excluding hydrogens is 242 g/mol. The largest absolute Gasteiger partial charge is 0.444 e. The van der Waals surface area contributed by atoms with Crippen LogP contribution in [0.2, 0.25) is 0 Å². The number of benzene rings is 1. The van der Waals surface area contributed by atoms with Crippen molar-refractivity contribution in [2.75, 3.05) is 0 Å². The Morgan fingerprint density at radius 2 is 2.00 bits per heavy atom. The van der Waals surface area contributed by atoms with E-state index in [-0.39, 0.29) is 0 Å². The highest BCUT2D eigenvalue weighted by molar-refractivity contribution is 9.08. The number of halogens is 1. The Kier molecular flexibility index (Phi) is 2.68. The van der Waals surface area contributed by atoms with Gasteiger partial charge in [0.2, 0.25) is 0 Å². The van der Waals surface area contributed by atoms with Gasteiger partial charge in [-0.3, -0.25) is 0 Å². The van der Waals surface area contributed by atoms with E-state index in [4.69, 9.17) is 4.42 Å². The van der Waals surface area contributed by atoms with Crippen LogP contribution in [0.4, 0.5) is 0 Å². The van der Waals surface area contributed by atoms with E-state index in [0.29, 0.717) is 11.2 Å². The third-order valence-electron chi connectivity index (χ3n) is 1.97. The summed E-state index contributed by atoms with van der Waals surface area (Å²) in [5.74, 6) is 1.59. The molecule has 1 heterocycles. The van der Waals surface area contributed by atoms with Crippen LogP contribution < -0.4 is 0 Å². The second-order valence-electron chi connectivity index (χ2n) is 3.00. The lowest BCUT2D eigenvalue weighted by Gasteiger charge is -1.96. The summed E-state index contributed by atoms with van der Waals surface area (Å²) in [6.07, 6.45) is 0. The van der Waals surface area contributed by atoms with Crippen molar-refractivity contribution in [2.45, 2.75) is 12.3 Å². The van der Waals surface area contributed by atoms with Crippen LogP contribution >= 0.6 is 15.9 Å². The highest BCUT2D eigenvalue weighted by Crippen LogP contribution is 2.25. The van der Waals surface area contributed by atoms with Crippen LogP contribution in [0, 0.1) is 6.92 Å². The van der Waals surface area contributed by atoms with Gasteiger partial charge in [-0.1, -0.05) is 46.3 Å². The molecule has 0 N–H and O–H groups in total. The van der Waals surface area contributed by atoms with Crippen LogP contribution in [0.5, 0.6) is 0 Å². The fraction of sp³-hybridized carbons (Fsp3) is 0.182. The van der Waals surface area contributed by atoms with Gasteiger partial charge in [-0.15, -0.1) is 0 Å². The quantitative estimate of drug-likeness (QED) is 0.764. The van der Waals surface area contributed by atoms with Gasteiger partial charge in [0.1, 0.15) is 11.5 Å². The third kappa shape index (κ3) is 1.73. The maximum absolute atomic E-state index is 5.46. The number of rotatable bonds is 2. The van der Waals surface area contributed by atoms with Gasteiger partial charge in [0.15, 0.2) is 5.89 Å². The Labute approximate surface area is 91.1 Å². The number of nitrogens with zero attached hydrogens (tertiary/aromatic N) is 1. The Balaban J connectivity index is 2.51. The van der Waals surface area contributed by atoms with Gasteiger partial charge < -0.3 is 4.42 Å². The molecule has 0 unspecified atom stereocenters. The van der Waals surface area contributed by atoms with E-state index >= 15 is 0 Å². The van der Waals surface area contributed by atoms with Gasteiger partial charge in [0.25, 0.3) is 0 Å². The lowest BCUT2D eigenvalue weighted by molar-refractivity contribution is 0.492. The van der Waals surface area contributed by atoms with Crippen LogP contribution in [0.15, 0.2) is 34.7 Å². The average molecular weight is 252 g/mol. The smallest absolute Gasteiger partial charge is 0.191 e. The summed E-state index contributed by atoms with van der Waals surface area (Å²) in [6.45, 7) is 1.86. The second-order valence-corrected chi connectivity index (χ2v) is 3.57. The molecule has 0 radical (unpaired) electrons. The van der Waals surface area contributed by atoms with Crippen LogP contribution in [0.1, 0.15) is 11.7 Å². The summed E-state index contributed by atoms with van der Waals surface area (Å²) in [7, 11) is 0. The standard InChI is InChI=1S/C11H10BrNO/c1-8-13-11(10(7-12)14-8)9-5-3-2-4-6-9/h2-6H,7H2,1H3. The van der Waals surface area contributed by atoms with E-state index in [1.54, 1.807) is 0 Å². The van der Waals surface area contributed by atoms with Gasteiger partial charge >= 0.3 is 0 Å². The highest BCUT2D eigenvalue weighted by atomic mass is 79.9. The zero-order valence-electron chi connectivity index (χ0n) is 7.83. The fourth-order valence-electron chi connectivity index (χ4n) is 1.38. The molecule has 1 aromatic carbocycles. The molecule has 0 aliphatic heterocycles. The van der Waals surface area contributed by atoms with Gasteiger partial charge in [-0.25, -0.2) is 4.98 Å². The van der Waals surface area contributed by atoms with Crippen molar-refractivity contribution in [3.63, 3.8) is 0 Å². The molecule has 0 bridgehead atoms. The molecule has 72 valence electrons. The lowest BCUT2D eigenvalue weighted by Crippen LogP contribution is -1.81. The lowest BCUT2D eigenvalue weighted by atomic mass is 10.1. The predicted octanol–water partition coefficient (Wildman–Crippen LogP) is 3.54. The topological polar surface area (TPSA) is 26.0 Å².